The van der Waals surface area contributed by atoms with Crippen LogP contribution in [-0.2, 0) is 9.59 Å². The van der Waals surface area contributed by atoms with Crippen molar-refractivity contribution < 1.29 is 14.0 Å². The summed E-state index contributed by atoms with van der Waals surface area (Å²) in [4.78, 5) is 25.1. The van der Waals surface area contributed by atoms with Crippen molar-refractivity contribution >= 4 is 17.5 Å². The summed E-state index contributed by atoms with van der Waals surface area (Å²) in [5.74, 6) is -0.805. The van der Waals surface area contributed by atoms with Crippen LogP contribution in [0.15, 0.2) is 18.2 Å². The van der Waals surface area contributed by atoms with Crippen LogP contribution in [0.2, 0.25) is 0 Å². The fourth-order valence-electron chi connectivity index (χ4n) is 2.24. The maximum absolute atomic E-state index is 13.2. The molecule has 1 N–H and O–H groups in total. The molecule has 2 amide bonds. The van der Waals surface area contributed by atoms with Gasteiger partial charge in [-0.2, -0.15) is 0 Å². The van der Waals surface area contributed by atoms with Crippen LogP contribution in [0.1, 0.15) is 25.8 Å². The van der Waals surface area contributed by atoms with Crippen molar-refractivity contribution in [2.75, 3.05) is 5.32 Å². The molecule has 0 aliphatic carbocycles. The number of imide groups is 1. The average molecular weight is 264 g/mol. The third-order valence-electron chi connectivity index (χ3n) is 3.23. The molecule has 1 aromatic carbocycles. The summed E-state index contributed by atoms with van der Waals surface area (Å²) in [5, 5.41) is 2.96. The second-order valence-corrected chi connectivity index (χ2v) is 5.06. The lowest BCUT2D eigenvalue weighted by Crippen LogP contribution is -2.39. The molecule has 1 heterocycles. The number of anilines is 1. The number of aryl methyl sites for hydroxylation is 1. The largest absolute Gasteiger partial charge is 0.373 e. The highest BCUT2D eigenvalue weighted by molar-refractivity contribution is 6.07. The Hall–Kier alpha value is -1.91. The fraction of sp³-hybridized carbons (Fsp3) is 0.429. The van der Waals surface area contributed by atoms with E-state index in [0.717, 1.165) is 5.56 Å². The van der Waals surface area contributed by atoms with Gasteiger partial charge in [-0.3, -0.25) is 14.5 Å². The number of benzene rings is 1. The molecule has 1 unspecified atom stereocenters. The smallest absolute Gasteiger partial charge is 0.252 e. The molecule has 5 heteroatoms. The lowest BCUT2D eigenvalue weighted by molar-refractivity contribution is -0.140. The first-order valence-electron chi connectivity index (χ1n) is 6.28. The van der Waals surface area contributed by atoms with Crippen LogP contribution in [0.3, 0.4) is 0 Å². The fourth-order valence-corrected chi connectivity index (χ4v) is 2.24. The Morgan fingerprint density at radius 2 is 2.05 bits per heavy atom. The average Bonchev–Trinajstić information content (AvgIpc) is 2.59. The zero-order valence-corrected chi connectivity index (χ0v) is 11.2. The Balaban J connectivity index is 2.19. The van der Waals surface area contributed by atoms with Crippen LogP contribution in [-0.4, -0.2) is 28.8 Å². The summed E-state index contributed by atoms with van der Waals surface area (Å²) < 4.78 is 13.2. The van der Waals surface area contributed by atoms with Gasteiger partial charge in [0.1, 0.15) is 11.9 Å². The summed E-state index contributed by atoms with van der Waals surface area (Å²) >= 11 is 0. The Labute approximate surface area is 111 Å². The number of amides is 2. The maximum Gasteiger partial charge on any atom is 0.252 e. The molecule has 1 fully saturated rings. The monoisotopic (exact) mass is 264 g/mol. The van der Waals surface area contributed by atoms with E-state index < -0.39 is 6.04 Å². The Kier molecular flexibility index (Phi) is 3.55. The molecule has 19 heavy (non-hydrogen) atoms. The van der Waals surface area contributed by atoms with Crippen LogP contribution < -0.4 is 5.32 Å². The molecule has 0 radical (unpaired) electrons. The van der Waals surface area contributed by atoms with E-state index in [0.29, 0.717) is 5.69 Å². The van der Waals surface area contributed by atoms with E-state index in [9.17, 15) is 14.0 Å². The third kappa shape index (κ3) is 2.59. The molecule has 1 aliphatic rings. The molecule has 0 saturated carbocycles. The molecule has 0 bridgehead atoms. The number of hydrogen-bond acceptors (Lipinski definition) is 3. The molecule has 2 rings (SSSR count). The second-order valence-electron chi connectivity index (χ2n) is 5.06. The lowest BCUT2D eigenvalue weighted by atomic mass is 10.1. The molecule has 0 aromatic heterocycles. The van der Waals surface area contributed by atoms with E-state index in [-0.39, 0.29) is 30.1 Å². The minimum atomic E-state index is -0.601. The zero-order valence-electron chi connectivity index (χ0n) is 11.2. The molecular weight excluding hydrogens is 247 g/mol. The van der Waals surface area contributed by atoms with Gasteiger partial charge in [-0.05, 0) is 38.5 Å². The van der Waals surface area contributed by atoms with Crippen molar-refractivity contribution in [1.29, 1.82) is 0 Å². The van der Waals surface area contributed by atoms with Crippen LogP contribution in [0.5, 0.6) is 0 Å². The van der Waals surface area contributed by atoms with Crippen molar-refractivity contribution in [2.24, 2.45) is 0 Å². The highest BCUT2D eigenvalue weighted by Crippen LogP contribution is 2.23. The van der Waals surface area contributed by atoms with Gasteiger partial charge in [0.05, 0.1) is 6.42 Å². The van der Waals surface area contributed by atoms with Crippen molar-refractivity contribution in [3.63, 3.8) is 0 Å². The van der Waals surface area contributed by atoms with E-state index in [1.807, 2.05) is 6.92 Å². The summed E-state index contributed by atoms with van der Waals surface area (Å²) in [6, 6.07) is 3.59. The van der Waals surface area contributed by atoms with Gasteiger partial charge in [-0.15, -0.1) is 0 Å². The van der Waals surface area contributed by atoms with E-state index >= 15 is 0 Å². The van der Waals surface area contributed by atoms with Gasteiger partial charge in [0.2, 0.25) is 5.91 Å². The summed E-state index contributed by atoms with van der Waals surface area (Å²) in [5.41, 5.74) is 1.39. The molecular formula is C14H17FN2O2. The number of rotatable bonds is 3. The maximum atomic E-state index is 13.2. The van der Waals surface area contributed by atoms with Gasteiger partial charge in [0, 0.05) is 11.7 Å². The summed E-state index contributed by atoms with van der Waals surface area (Å²) in [6.45, 7) is 5.42. The minimum Gasteiger partial charge on any atom is -0.373 e. The normalized spacial score (nSPS) is 19.4. The van der Waals surface area contributed by atoms with Crippen molar-refractivity contribution in [3.8, 4) is 0 Å². The molecule has 1 aromatic rings. The number of carbonyl (C=O) groups is 2. The van der Waals surface area contributed by atoms with Gasteiger partial charge in [-0.25, -0.2) is 4.39 Å². The molecule has 4 nitrogen and oxygen atoms in total. The molecule has 0 spiro atoms. The third-order valence-corrected chi connectivity index (χ3v) is 3.23. The van der Waals surface area contributed by atoms with Crippen molar-refractivity contribution in [3.05, 3.63) is 29.6 Å². The van der Waals surface area contributed by atoms with Gasteiger partial charge < -0.3 is 5.32 Å². The number of halogens is 1. The van der Waals surface area contributed by atoms with E-state index in [4.69, 9.17) is 0 Å². The predicted molar refractivity (Wildman–Crippen MR) is 70.2 cm³/mol. The first-order chi connectivity index (χ1) is 8.90. The molecule has 1 atom stereocenters. The van der Waals surface area contributed by atoms with E-state index in [1.54, 1.807) is 19.9 Å². The number of carbonyl (C=O) groups excluding carboxylic acids is 2. The number of nitrogens with zero attached hydrogens (tertiary/aromatic N) is 1. The summed E-state index contributed by atoms with van der Waals surface area (Å²) in [7, 11) is 0. The first-order valence-corrected chi connectivity index (χ1v) is 6.28. The molecule has 1 aliphatic heterocycles. The topological polar surface area (TPSA) is 49.4 Å². The molecule has 102 valence electrons. The Bertz CT molecular complexity index is 528. The predicted octanol–water partition coefficient (Wildman–Crippen LogP) is 2.08. The molecule has 1 saturated heterocycles. The number of nitrogens with one attached hydrogen (secondary N) is 1. The minimum absolute atomic E-state index is 0.118. The van der Waals surface area contributed by atoms with Crippen molar-refractivity contribution in [2.45, 2.75) is 39.3 Å². The highest BCUT2D eigenvalue weighted by atomic mass is 19.1. The van der Waals surface area contributed by atoms with Crippen LogP contribution >= 0.6 is 0 Å². The van der Waals surface area contributed by atoms with Crippen molar-refractivity contribution in [1.82, 2.24) is 4.90 Å². The lowest BCUT2D eigenvalue weighted by Gasteiger charge is -2.20. The summed E-state index contributed by atoms with van der Waals surface area (Å²) in [6.07, 6.45) is 0.118. The second kappa shape index (κ2) is 4.99. The first kappa shape index (κ1) is 13.5. The van der Waals surface area contributed by atoms with E-state index in [2.05, 4.69) is 5.32 Å². The van der Waals surface area contributed by atoms with Crippen LogP contribution in [0.25, 0.3) is 0 Å². The standard InChI is InChI=1S/C14H17FN2O2/c1-8(2)17-13(18)7-12(14(17)19)16-11-6-10(15)5-4-9(11)3/h4-6,8,12,16H,7H2,1-3H3. The quantitative estimate of drug-likeness (QED) is 0.850. The van der Waals surface area contributed by atoms with E-state index in [1.165, 1.54) is 17.0 Å². The SMILES string of the molecule is Cc1ccc(F)cc1NC1CC(=O)N(C(C)C)C1=O. The number of hydrogen-bond donors (Lipinski definition) is 1. The van der Waals surface area contributed by atoms with Gasteiger partial charge in [-0.1, -0.05) is 6.07 Å². The highest BCUT2D eigenvalue weighted by Gasteiger charge is 2.39. The van der Waals surface area contributed by atoms with Crippen LogP contribution in [0, 0.1) is 12.7 Å². The Morgan fingerprint density at radius 1 is 1.37 bits per heavy atom. The van der Waals surface area contributed by atoms with Gasteiger partial charge >= 0.3 is 0 Å². The van der Waals surface area contributed by atoms with Gasteiger partial charge in [0.25, 0.3) is 5.91 Å². The zero-order chi connectivity index (χ0) is 14.2. The Morgan fingerprint density at radius 3 is 2.63 bits per heavy atom. The van der Waals surface area contributed by atoms with Gasteiger partial charge in [0.15, 0.2) is 0 Å². The van der Waals surface area contributed by atoms with Crippen LogP contribution in [0.4, 0.5) is 10.1 Å². The number of likely N-dealkylation sites (tertiary alicyclic amines) is 1.